The van der Waals surface area contributed by atoms with Gasteiger partial charge in [0.25, 0.3) is 0 Å². The average molecular weight is 165 g/mol. The highest BCUT2D eigenvalue weighted by atomic mass is 15.1. The van der Waals surface area contributed by atoms with Gasteiger partial charge in [-0.2, -0.15) is 0 Å². The summed E-state index contributed by atoms with van der Waals surface area (Å²) < 4.78 is 0. The van der Waals surface area contributed by atoms with Gasteiger partial charge in [-0.3, -0.25) is 9.89 Å². The van der Waals surface area contributed by atoms with Crippen LogP contribution in [-0.2, 0) is 0 Å². The van der Waals surface area contributed by atoms with Crippen LogP contribution in [0.2, 0.25) is 0 Å². The predicted octanol–water partition coefficient (Wildman–Crippen LogP) is 1.32. The molecule has 1 N–H and O–H groups in total. The summed E-state index contributed by atoms with van der Waals surface area (Å²) >= 11 is 0. The third kappa shape index (κ3) is 2.01. The second-order valence-electron chi connectivity index (χ2n) is 3.01. The molecule has 0 saturated heterocycles. The number of likely N-dealkylation sites (N-methyl/N-ethyl adjacent to an activating group) is 1. The van der Waals surface area contributed by atoms with E-state index >= 15 is 0 Å². The Balaban J connectivity index is 2.71. The molecule has 1 rings (SSSR count). The summed E-state index contributed by atoms with van der Waals surface area (Å²) in [5.41, 5.74) is 2.09. The molecule has 0 fully saturated rings. The maximum absolute atomic E-state index is 7.17. The van der Waals surface area contributed by atoms with Crippen molar-refractivity contribution in [3.05, 3.63) is 11.3 Å². The molecule has 0 saturated carbocycles. The molecule has 3 heteroatoms. The molecule has 0 spiro atoms. The molecule has 0 aromatic heterocycles. The highest BCUT2D eigenvalue weighted by Crippen LogP contribution is 2.14. The first-order valence-corrected chi connectivity index (χ1v) is 4.21. The first-order chi connectivity index (χ1) is 5.77. The Bertz CT molecular complexity index is 228. The Kier molecular flexibility index (Phi) is 3.17. The van der Waals surface area contributed by atoms with Crippen LogP contribution in [0, 0.1) is 5.41 Å². The molecule has 0 radical (unpaired) electrons. The predicted molar refractivity (Wildman–Crippen MR) is 52.1 cm³/mol. The molecule has 1 aliphatic rings. The maximum Gasteiger partial charge on any atom is 0.0600 e. The van der Waals surface area contributed by atoms with E-state index in [1.54, 1.807) is 0 Å². The van der Waals surface area contributed by atoms with Crippen LogP contribution in [0.5, 0.6) is 0 Å². The van der Waals surface area contributed by atoms with Gasteiger partial charge in [-0.05, 0) is 13.5 Å². The lowest BCUT2D eigenvalue weighted by molar-refractivity contribution is 0.426. The van der Waals surface area contributed by atoms with E-state index in [9.17, 15) is 0 Å². The van der Waals surface area contributed by atoms with Gasteiger partial charge in [-0.15, -0.1) is 0 Å². The van der Waals surface area contributed by atoms with Crippen LogP contribution in [0.25, 0.3) is 0 Å². The van der Waals surface area contributed by atoms with Crippen molar-refractivity contribution in [1.29, 1.82) is 5.41 Å². The first-order valence-electron chi connectivity index (χ1n) is 4.21. The van der Waals surface area contributed by atoms with Crippen molar-refractivity contribution in [2.75, 3.05) is 20.1 Å². The fourth-order valence-electron chi connectivity index (χ4n) is 1.25. The van der Waals surface area contributed by atoms with Crippen LogP contribution in [0.4, 0.5) is 0 Å². The Morgan fingerprint density at radius 1 is 1.58 bits per heavy atom. The summed E-state index contributed by atoms with van der Waals surface area (Å²) in [6, 6.07) is 0. The molecule has 0 unspecified atom stereocenters. The van der Waals surface area contributed by atoms with Crippen LogP contribution in [0.1, 0.15) is 13.3 Å². The van der Waals surface area contributed by atoms with Crippen molar-refractivity contribution in [3.63, 3.8) is 0 Å². The standard InChI is InChI=1S/C9H15N3/c1-3-4-11-9-7-12(2)6-8(9)5-10/h4-5,10H,3,6-7H2,1-2H3. The molecule has 3 nitrogen and oxygen atoms in total. The Hall–Kier alpha value is -0.960. The average Bonchev–Trinajstić information content (AvgIpc) is 2.42. The zero-order chi connectivity index (χ0) is 8.97. The van der Waals surface area contributed by atoms with Crippen molar-refractivity contribution >= 4 is 12.4 Å². The molecule has 0 atom stereocenters. The lowest BCUT2D eigenvalue weighted by Crippen LogP contribution is -2.14. The smallest absolute Gasteiger partial charge is 0.0600 e. The van der Waals surface area contributed by atoms with E-state index in [0.29, 0.717) is 0 Å². The second-order valence-corrected chi connectivity index (χ2v) is 3.01. The summed E-state index contributed by atoms with van der Waals surface area (Å²) in [6.07, 6.45) is 4.27. The minimum Gasteiger partial charge on any atom is -0.308 e. The molecule has 66 valence electrons. The topological polar surface area (TPSA) is 39.5 Å². The lowest BCUT2D eigenvalue weighted by atomic mass is 10.3. The van der Waals surface area contributed by atoms with E-state index in [0.717, 1.165) is 30.8 Å². The molecule has 1 heterocycles. The summed E-state index contributed by atoms with van der Waals surface area (Å²) in [4.78, 5) is 6.46. The summed E-state index contributed by atoms with van der Waals surface area (Å²) in [5.74, 6) is 0. The highest BCUT2D eigenvalue weighted by Gasteiger charge is 2.15. The van der Waals surface area contributed by atoms with Gasteiger partial charge >= 0.3 is 0 Å². The van der Waals surface area contributed by atoms with Crippen molar-refractivity contribution in [2.24, 2.45) is 4.99 Å². The quantitative estimate of drug-likeness (QED) is 0.629. The third-order valence-electron chi connectivity index (χ3n) is 1.83. The number of aliphatic imine (C=N–C) groups is 1. The third-order valence-corrected chi connectivity index (χ3v) is 1.83. The molecule has 0 aromatic rings. The van der Waals surface area contributed by atoms with Gasteiger partial charge in [0, 0.05) is 31.1 Å². The van der Waals surface area contributed by atoms with Crippen LogP contribution >= 0.6 is 0 Å². The first kappa shape index (κ1) is 9.13. The van der Waals surface area contributed by atoms with Gasteiger partial charge in [0.15, 0.2) is 0 Å². The summed E-state index contributed by atoms with van der Waals surface area (Å²) in [5, 5.41) is 7.17. The Morgan fingerprint density at radius 3 is 2.92 bits per heavy atom. The minimum atomic E-state index is 0.861. The van der Waals surface area contributed by atoms with Crippen molar-refractivity contribution in [2.45, 2.75) is 13.3 Å². The largest absolute Gasteiger partial charge is 0.308 e. The van der Waals surface area contributed by atoms with Crippen LogP contribution in [-0.4, -0.2) is 37.5 Å². The molecule has 0 amide bonds. The highest BCUT2D eigenvalue weighted by molar-refractivity contribution is 5.79. The van der Waals surface area contributed by atoms with E-state index < -0.39 is 0 Å². The molecule has 0 aliphatic carbocycles. The molecule has 1 aliphatic heterocycles. The zero-order valence-corrected chi connectivity index (χ0v) is 7.67. The number of nitrogens with zero attached hydrogens (tertiary/aromatic N) is 2. The minimum absolute atomic E-state index is 0.861. The molecule has 12 heavy (non-hydrogen) atoms. The van der Waals surface area contributed by atoms with E-state index in [-0.39, 0.29) is 0 Å². The Morgan fingerprint density at radius 2 is 2.33 bits per heavy atom. The van der Waals surface area contributed by atoms with Gasteiger partial charge in [0.05, 0.1) is 5.70 Å². The van der Waals surface area contributed by atoms with Gasteiger partial charge in [-0.25, -0.2) is 0 Å². The van der Waals surface area contributed by atoms with Crippen LogP contribution in [0.15, 0.2) is 16.3 Å². The Labute approximate surface area is 73.3 Å². The van der Waals surface area contributed by atoms with Crippen molar-refractivity contribution in [1.82, 2.24) is 4.90 Å². The van der Waals surface area contributed by atoms with E-state index in [4.69, 9.17) is 5.41 Å². The number of hydrogen-bond acceptors (Lipinski definition) is 3. The molecular weight excluding hydrogens is 150 g/mol. The van der Waals surface area contributed by atoms with Crippen LogP contribution < -0.4 is 0 Å². The molecule has 0 aromatic carbocycles. The van der Waals surface area contributed by atoms with E-state index in [1.165, 1.54) is 6.21 Å². The monoisotopic (exact) mass is 165 g/mol. The number of hydrogen-bond donors (Lipinski definition) is 1. The molecule has 0 bridgehead atoms. The van der Waals surface area contributed by atoms with Gasteiger partial charge in [0.1, 0.15) is 0 Å². The summed E-state index contributed by atoms with van der Waals surface area (Å²) in [6.45, 7) is 3.80. The fourth-order valence-corrected chi connectivity index (χ4v) is 1.25. The number of rotatable bonds is 3. The lowest BCUT2D eigenvalue weighted by Gasteiger charge is -2.04. The zero-order valence-electron chi connectivity index (χ0n) is 7.67. The van der Waals surface area contributed by atoms with Gasteiger partial charge < -0.3 is 5.41 Å². The van der Waals surface area contributed by atoms with Gasteiger partial charge in [-0.1, -0.05) is 6.92 Å². The van der Waals surface area contributed by atoms with E-state index in [2.05, 4.69) is 16.8 Å². The number of nitrogens with one attached hydrogen (secondary N) is 1. The second kappa shape index (κ2) is 4.16. The maximum atomic E-state index is 7.17. The SMILES string of the molecule is CCC=NC1=C(C=N)CN(C)C1. The van der Waals surface area contributed by atoms with Crippen LogP contribution in [0.3, 0.4) is 0 Å². The van der Waals surface area contributed by atoms with E-state index in [1.807, 2.05) is 13.3 Å². The van der Waals surface area contributed by atoms with Crippen molar-refractivity contribution in [3.8, 4) is 0 Å². The molecular formula is C9H15N3. The van der Waals surface area contributed by atoms with Crippen molar-refractivity contribution < 1.29 is 0 Å². The summed E-state index contributed by atoms with van der Waals surface area (Å²) in [7, 11) is 2.04. The fraction of sp³-hybridized carbons (Fsp3) is 0.556. The van der Waals surface area contributed by atoms with Gasteiger partial charge in [0.2, 0.25) is 0 Å². The normalized spacial score (nSPS) is 19.5.